The largest absolute Gasteiger partial charge is 0.484 e. The lowest BCUT2D eigenvalue weighted by Gasteiger charge is -2.35. The number of para-hydroxylation sites is 1. The van der Waals surface area contributed by atoms with E-state index in [0.29, 0.717) is 37.7 Å². The lowest BCUT2D eigenvalue weighted by molar-refractivity contribution is -0.385. The molecule has 0 aliphatic carbocycles. The van der Waals surface area contributed by atoms with Crippen LogP contribution in [0.2, 0.25) is 0 Å². The van der Waals surface area contributed by atoms with Crippen LogP contribution in [0, 0.1) is 10.1 Å². The molecule has 1 amide bonds. The van der Waals surface area contributed by atoms with Crippen molar-refractivity contribution in [1.82, 2.24) is 9.88 Å². The van der Waals surface area contributed by atoms with Gasteiger partial charge in [0.05, 0.1) is 4.92 Å². The quantitative estimate of drug-likeness (QED) is 0.607. The first-order valence-electron chi connectivity index (χ1n) is 7.94. The summed E-state index contributed by atoms with van der Waals surface area (Å²) < 4.78 is 5.49. The van der Waals surface area contributed by atoms with Crippen molar-refractivity contribution in [3.63, 3.8) is 0 Å². The maximum atomic E-state index is 12.2. The zero-order valence-electron chi connectivity index (χ0n) is 13.6. The zero-order chi connectivity index (χ0) is 17.6. The summed E-state index contributed by atoms with van der Waals surface area (Å²) in [5.74, 6) is 1.29. The van der Waals surface area contributed by atoms with Gasteiger partial charge in [-0.05, 0) is 18.2 Å². The third kappa shape index (κ3) is 4.23. The summed E-state index contributed by atoms with van der Waals surface area (Å²) >= 11 is 0. The Balaban J connectivity index is 1.49. The molecule has 0 unspecified atom stereocenters. The highest BCUT2D eigenvalue weighted by atomic mass is 16.6. The van der Waals surface area contributed by atoms with Crippen LogP contribution >= 0.6 is 0 Å². The number of ether oxygens (including phenoxy) is 1. The van der Waals surface area contributed by atoms with E-state index >= 15 is 0 Å². The third-order valence-electron chi connectivity index (χ3n) is 4.00. The number of amides is 1. The number of aromatic nitrogens is 1. The molecule has 0 spiro atoms. The fourth-order valence-electron chi connectivity index (χ4n) is 2.61. The lowest BCUT2D eigenvalue weighted by Crippen LogP contribution is -2.50. The molecule has 130 valence electrons. The molecule has 0 saturated carbocycles. The molecule has 8 nitrogen and oxygen atoms in total. The summed E-state index contributed by atoms with van der Waals surface area (Å²) in [6.07, 6.45) is 1.25. The zero-order valence-corrected chi connectivity index (χ0v) is 13.6. The summed E-state index contributed by atoms with van der Waals surface area (Å²) in [6, 6.07) is 12.3. The van der Waals surface area contributed by atoms with E-state index in [1.54, 1.807) is 11.0 Å². The van der Waals surface area contributed by atoms with Crippen LogP contribution in [0.5, 0.6) is 5.75 Å². The second-order valence-electron chi connectivity index (χ2n) is 5.60. The Morgan fingerprint density at radius 3 is 2.44 bits per heavy atom. The molecule has 1 fully saturated rings. The van der Waals surface area contributed by atoms with Crippen molar-refractivity contribution in [2.24, 2.45) is 0 Å². The first-order chi connectivity index (χ1) is 12.1. The van der Waals surface area contributed by atoms with Gasteiger partial charge in [-0.15, -0.1) is 0 Å². The van der Waals surface area contributed by atoms with E-state index in [4.69, 9.17) is 4.74 Å². The van der Waals surface area contributed by atoms with Crippen LogP contribution in [0.25, 0.3) is 0 Å². The Morgan fingerprint density at radius 1 is 1.12 bits per heavy atom. The van der Waals surface area contributed by atoms with Gasteiger partial charge in [0.25, 0.3) is 11.6 Å². The fraction of sp³-hybridized carbons (Fsp3) is 0.294. The van der Waals surface area contributed by atoms with Crippen molar-refractivity contribution in [1.29, 1.82) is 0 Å². The molecular weight excluding hydrogens is 324 g/mol. The maximum Gasteiger partial charge on any atom is 0.287 e. The minimum Gasteiger partial charge on any atom is -0.484 e. The summed E-state index contributed by atoms with van der Waals surface area (Å²) in [7, 11) is 0. The number of carbonyl (C=O) groups is 1. The van der Waals surface area contributed by atoms with Gasteiger partial charge in [0.1, 0.15) is 17.8 Å². The SMILES string of the molecule is O=C(COc1ccccc1)N1CCN(c2ccc([N+](=O)[O-])cn2)CC1. The van der Waals surface area contributed by atoms with Crippen LogP contribution < -0.4 is 9.64 Å². The fourth-order valence-corrected chi connectivity index (χ4v) is 2.61. The van der Waals surface area contributed by atoms with E-state index in [2.05, 4.69) is 4.98 Å². The predicted molar refractivity (Wildman–Crippen MR) is 91.6 cm³/mol. The summed E-state index contributed by atoms with van der Waals surface area (Å²) in [5, 5.41) is 10.7. The molecule has 1 aromatic heterocycles. The smallest absolute Gasteiger partial charge is 0.287 e. The number of hydrogen-bond acceptors (Lipinski definition) is 6. The molecule has 2 heterocycles. The van der Waals surface area contributed by atoms with Crippen LogP contribution in [-0.2, 0) is 4.79 Å². The molecule has 0 bridgehead atoms. The van der Waals surface area contributed by atoms with Gasteiger partial charge in [0.15, 0.2) is 6.61 Å². The van der Waals surface area contributed by atoms with Crippen molar-refractivity contribution in [3.8, 4) is 5.75 Å². The number of piperazine rings is 1. The number of carbonyl (C=O) groups excluding carboxylic acids is 1. The number of benzene rings is 1. The number of hydrogen-bond donors (Lipinski definition) is 0. The van der Waals surface area contributed by atoms with E-state index in [9.17, 15) is 14.9 Å². The Hall–Kier alpha value is -3.16. The second kappa shape index (κ2) is 7.61. The van der Waals surface area contributed by atoms with Crippen molar-refractivity contribution in [3.05, 3.63) is 58.8 Å². The molecule has 1 aliphatic heterocycles. The molecule has 3 rings (SSSR count). The van der Waals surface area contributed by atoms with Crippen molar-refractivity contribution >= 4 is 17.4 Å². The molecule has 0 radical (unpaired) electrons. The van der Waals surface area contributed by atoms with Gasteiger partial charge >= 0.3 is 0 Å². The Kier molecular flexibility index (Phi) is 5.08. The molecule has 1 aromatic carbocycles. The van der Waals surface area contributed by atoms with E-state index < -0.39 is 4.92 Å². The highest BCUT2D eigenvalue weighted by Gasteiger charge is 2.22. The van der Waals surface area contributed by atoms with Crippen molar-refractivity contribution in [2.45, 2.75) is 0 Å². The number of nitrogens with zero attached hydrogens (tertiary/aromatic N) is 4. The molecule has 0 atom stereocenters. The van der Waals surface area contributed by atoms with Gasteiger partial charge in [0, 0.05) is 32.2 Å². The Morgan fingerprint density at radius 2 is 1.84 bits per heavy atom. The van der Waals surface area contributed by atoms with Crippen LogP contribution in [0.3, 0.4) is 0 Å². The number of pyridine rings is 1. The standard InChI is InChI=1S/C17H18N4O4/c22-17(13-25-15-4-2-1-3-5-15)20-10-8-19(9-11-20)16-7-6-14(12-18-16)21(23)24/h1-7,12H,8-11,13H2. The summed E-state index contributed by atoms with van der Waals surface area (Å²) in [6.45, 7) is 2.40. The Bertz CT molecular complexity index is 728. The minimum atomic E-state index is -0.472. The molecule has 25 heavy (non-hydrogen) atoms. The van der Waals surface area contributed by atoms with Crippen LogP contribution in [0.1, 0.15) is 0 Å². The molecular formula is C17H18N4O4. The van der Waals surface area contributed by atoms with Gasteiger partial charge in [-0.1, -0.05) is 18.2 Å². The molecule has 8 heteroatoms. The van der Waals surface area contributed by atoms with E-state index in [1.807, 2.05) is 35.2 Å². The van der Waals surface area contributed by atoms with Crippen molar-refractivity contribution in [2.75, 3.05) is 37.7 Å². The van der Waals surface area contributed by atoms with E-state index in [0.717, 1.165) is 0 Å². The predicted octanol–water partition coefficient (Wildman–Crippen LogP) is 1.72. The van der Waals surface area contributed by atoms with Gasteiger partial charge < -0.3 is 14.5 Å². The van der Waals surface area contributed by atoms with Crippen LogP contribution in [0.15, 0.2) is 48.7 Å². The van der Waals surface area contributed by atoms with Crippen LogP contribution in [-0.4, -0.2) is 53.5 Å². The average Bonchev–Trinajstić information content (AvgIpc) is 2.67. The highest BCUT2D eigenvalue weighted by Crippen LogP contribution is 2.17. The second-order valence-corrected chi connectivity index (χ2v) is 5.60. The first kappa shape index (κ1) is 16.7. The molecule has 2 aromatic rings. The summed E-state index contributed by atoms with van der Waals surface area (Å²) in [4.78, 5) is 30.3. The number of nitro groups is 1. The molecule has 1 aliphatic rings. The maximum absolute atomic E-state index is 12.2. The highest BCUT2D eigenvalue weighted by molar-refractivity contribution is 5.78. The van der Waals surface area contributed by atoms with Crippen molar-refractivity contribution < 1.29 is 14.5 Å². The molecule has 0 N–H and O–H groups in total. The van der Waals surface area contributed by atoms with E-state index in [1.165, 1.54) is 12.3 Å². The van der Waals surface area contributed by atoms with Gasteiger partial charge in [-0.3, -0.25) is 14.9 Å². The molecule has 1 saturated heterocycles. The third-order valence-corrected chi connectivity index (χ3v) is 4.00. The Labute approximate surface area is 144 Å². The summed E-state index contributed by atoms with van der Waals surface area (Å²) in [5.41, 5.74) is -0.0318. The monoisotopic (exact) mass is 342 g/mol. The van der Waals surface area contributed by atoms with Gasteiger partial charge in [-0.2, -0.15) is 0 Å². The number of rotatable bonds is 5. The normalized spacial score (nSPS) is 14.2. The first-order valence-corrected chi connectivity index (χ1v) is 7.94. The van der Waals surface area contributed by atoms with E-state index in [-0.39, 0.29) is 18.2 Å². The van der Waals surface area contributed by atoms with Crippen LogP contribution in [0.4, 0.5) is 11.5 Å². The minimum absolute atomic E-state index is 0.0137. The topological polar surface area (TPSA) is 88.8 Å². The average molecular weight is 342 g/mol. The number of anilines is 1. The lowest BCUT2D eigenvalue weighted by atomic mass is 10.3. The van der Waals surface area contributed by atoms with Gasteiger partial charge in [-0.25, -0.2) is 4.98 Å². The van der Waals surface area contributed by atoms with Gasteiger partial charge in [0.2, 0.25) is 0 Å².